The number of fused-ring (bicyclic) bond motifs is 1. The number of anilines is 1. The predicted molar refractivity (Wildman–Crippen MR) is 80.4 cm³/mol. The number of imidazole rings is 1. The highest BCUT2D eigenvalue weighted by molar-refractivity contribution is 6.35. The largest absolute Gasteiger partial charge is 0.369 e. The molecule has 1 heterocycles. The molecule has 2 atom stereocenters. The molecule has 0 radical (unpaired) electrons. The number of benzene rings is 1. The topological polar surface area (TPSA) is 43.8 Å². The first kappa shape index (κ1) is 12.8. The Morgan fingerprint density at radius 2 is 2.05 bits per heavy atom. The summed E-state index contributed by atoms with van der Waals surface area (Å²) in [4.78, 5) is 4.47. The lowest BCUT2D eigenvalue weighted by Gasteiger charge is -2.25. The normalized spacial score (nSPS) is 24.5. The molecule has 2 aromatic rings. The van der Waals surface area contributed by atoms with Crippen LogP contribution in [0.4, 0.5) is 5.95 Å². The zero-order chi connectivity index (χ0) is 13.4. The SMILES string of the molecule is CC1CCCCCC1n1c(N)nc2cccc(Cl)c21. The molecule has 1 fully saturated rings. The predicted octanol–water partition coefficient (Wildman–Crippen LogP) is 4.41. The molecule has 0 saturated heterocycles. The number of nitrogen functional groups attached to an aromatic ring is 1. The van der Waals surface area contributed by atoms with Gasteiger partial charge in [0.25, 0.3) is 0 Å². The molecule has 0 bridgehead atoms. The Labute approximate surface area is 118 Å². The van der Waals surface area contributed by atoms with Gasteiger partial charge in [-0.1, -0.05) is 43.9 Å². The first-order valence-electron chi connectivity index (χ1n) is 7.10. The summed E-state index contributed by atoms with van der Waals surface area (Å²) in [6, 6.07) is 6.25. The summed E-state index contributed by atoms with van der Waals surface area (Å²) in [7, 11) is 0. The van der Waals surface area contributed by atoms with Crippen molar-refractivity contribution in [3.05, 3.63) is 23.2 Å². The number of halogens is 1. The number of hydrogen-bond acceptors (Lipinski definition) is 2. The summed E-state index contributed by atoms with van der Waals surface area (Å²) in [5.74, 6) is 1.22. The first-order chi connectivity index (χ1) is 9.18. The molecule has 1 aromatic heterocycles. The highest BCUT2D eigenvalue weighted by Crippen LogP contribution is 2.38. The highest BCUT2D eigenvalue weighted by Gasteiger charge is 2.25. The quantitative estimate of drug-likeness (QED) is 0.785. The smallest absolute Gasteiger partial charge is 0.201 e. The minimum Gasteiger partial charge on any atom is -0.369 e. The van der Waals surface area contributed by atoms with E-state index in [1.807, 2.05) is 18.2 Å². The van der Waals surface area contributed by atoms with Gasteiger partial charge in [0, 0.05) is 6.04 Å². The van der Waals surface area contributed by atoms with Gasteiger partial charge in [-0.15, -0.1) is 0 Å². The van der Waals surface area contributed by atoms with Crippen LogP contribution in [0.2, 0.25) is 5.02 Å². The molecular formula is C15H20ClN3. The van der Waals surface area contributed by atoms with E-state index in [1.54, 1.807) is 0 Å². The summed E-state index contributed by atoms with van der Waals surface area (Å²) in [5.41, 5.74) is 8.06. The minimum atomic E-state index is 0.424. The number of nitrogens with two attached hydrogens (primary N) is 1. The van der Waals surface area contributed by atoms with E-state index in [4.69, 9.17) is 17.3 Å². The van der Waals surface area contributed by atoms with Gasteiger partial charge in [-0.05, 0) is 30.9 Å². The van der Waals surface area contributed by atoms with Gasteiger partial charge < -0.3 is 10.3 Å². The fourth-order valence-corrected chi connectivity index (χ4v) is 3.58. The minimum absolute atomic E-state index is 0.424. The molecule has 1 saturated carbocycles. The van der Waals surface area contributed by atoms with Crippen molar-refractivity contribution >= 4 is 28.6 Å². The summed E-state index contributed by atoms with van der Waals surface area (Å²) in [5, 5.41) is 0.748. The third kappa shape index (κ3) is 2.20. The van der Waals surface area contributed by atoms with Gasteiger partial charge in [0.15, 0.2) is 0 Å². The molecule has 0 aliphatic heterocycles. The maximum atomic E-state index is 6.37. The van der Waals surface area contributed by atoms with Crippen LogP contribution in [-0.4, -0.2) is 9.55 Å². The zero-order valence-corrected chi connectivity index (χ0v) is 12.0. The molecule has 1 aliphatic rings. The van der Waals surface area contributed by atoms with E-state index in [0.29, 0.717) is 17.9 Å². The van der Waals surface area contributed by atoms with Gasteiger partial charge in [-0.3, -0.25) is 0 Å². The fourth-order valence-electron chi connectivity index (χ4n) is 3.32. The van der Waals surface area contributed by atoms with E-state index < -0.39 is 0 Å². The Hall–Kier alpha value is -1.22. The molecule has 102 valence electrons. The van der Waals surface area contributed by atoms with Gasteiger partial charge in [0.2, 0.25) is 5.95 Å². The van der Waals surface area contributed by atoms with Crippen LogP contribution in [0.5, 0.6) is 0 Å². The van der Waals surface area contributed by atoms with E-state index in [2.05, 4.69) is 16.5 Å². The van der Waals surface area contributed by atoms with Crippen LogP contribution in [0.1, 0.15) is 45.1 Å². The lowest BCUT2D eigenvalue weighted by atomic mass is 9.96. The summed E-state index contributed by atoms with van der Waals surface area (Å²) >= 11 is 6.37. The second-order valence-corrected chi connectivity index (χ2v) is 6.04. The number of aromatic nitrogens is 2. The van der Waals surface area contributed by atoms with E-state index >= 15 is 0 Å². The molecule has 2 unspecified atom stereocenters. The van der Waals surface area contributed by atoms with E-state index in [1.165, 1.54) is 32.1 Å². The maximum Gasteiger partial charge on any atom is 0.201 e. The molecule has 1 aliphatic carbocycles. The molecule has 3 rings (SSSR count). The zero-order valence-electron chi connectivity index (χ0n) is 11.3. The van der Waals surface area contributed by atoms with Crippen LogP contribution < -0.4 is 5.73 Å². The highest BCUT2D eigenvalue weighted by atomic mass is 35.5. The van der Waals surface area contributed by atoms with E-state index in [0.717, 1.165) is 16.1 Å². The van der Waals surface area contributed by atoms with Gasteiger partial charge >= 0.3 is 0 Å². The van der Waals surface area contributed by atoms with Crippen molar-refractivity contribution in [2.45, 2.75) is 45.1 Å². The monoisotopic (exact) mass is 277 g/mol. The van der Waals surface area contributed by atoms with Crippen LogP contribution in [0.15, 0.2) is 18.2 Å². The van der Waals surface area contributed by atoms with Crippen molar-refractivity contribution in [2.24, 2.45) is 5.92 Å². The first-order valence-corrected chi connectivity index (χ1v) is 7.48. The lowest BCUT2D eigenvalue weighted by molar-refractivity contribution is 0.344. The Morgan fingerprint density at radius 3 is 2.89 bits per heavy atom. The molecule has 19 heavy (non-hydrogen) atoms. The molecule has 0 amide bonds. The second kappa shape index (κ2) is 5.04. The maximum absolute atomic E-state index is 6.37. The van der Waals surface area contributed by atoms with Crippen molar-refractivity contribution < 1.29 is 0 Å². The lowest BCUT2D eigenvalue weighted by Crippen LogP contribution is -2.18. The van der Waals surface area contributed by atoms with E-state index in [-0.39, 0.29) is 0 Å². The van der Waals surface area contributed by atoms with Crippen molar-refractivity contribution in [3.8, 4) is 0 Å². The standard InChI is InChI=1S/C15H20ClN3/c1-10-6-3-2-4-9-13(10)19-14-11(16)7-5-8-12(14)18-15(19)17/h5,7-8,10,13H,2-4,6,9H2,1H3,(H2,17,18). The van der Waals surface area contributed by atoms with Crippen LogP contribution in [0.25, 0.3) is 11.0 Å². The summed E-state index contributed by atoms with van der Waals surface area (Å²) < 4.78 is 2.17. The average Bonchev–Trinajstić information content (AvgIpc) is 2.57. The van der Waals surface area contributed by atoms with Gasteiger partial charge in [0.1, 0.15) is 0 Å². The number of nitrogens with zero attached hydrogens (tertiary/aromatic N) is 2. The van der Waals surface area contributed by atoms with Gasteiger partial charge in [0.05, 0.1) is 16.1 Å². The van der Waals surface area contributed by atoms with Crippen LogP contribution in [0, 0.1) is 5.92 Å². The Morgan fingerprint density at radius 1 is 1.26 bits per heavy atom. The molecule has 3 nitrogen and oxygen atoms in total. The Bertz CT molecular complexity index is 590. The number of hydrogen-bond donors (Lipinski definition) is 1. The van der Waals surface area contributed by atoms with Crippen molar-refractivity contribution in [1.82, 2.24) is 9.55 Å². The Balaban J connectivity index is 2.15. The van der Waals surface area contributed by atoms with E-state index in [9.17, 15) is 0 Å². The molecule has 4 heteroatoms. The molecular weight excluding hydrogens is 258 g/mol. The van der Waals surface area contributed by atoms with Crippen molar-refractivity contribution in [2.75, 3.05) is 5.73 Å². The summed E-state index contributed by atoms with van der Waals surface area (Å²) in [6.45, 7) is 2.32. The fraction of sp³-hybridized carbons (Fsp3) is 0.533. The molecule has 2 N–H and O–H groups in total. The van der Waals surface area contributed by atoms with Crippen LogP contribution in [0.3, 0.4) is 0 Å². The second-order valence-electron chi connectivity index (χ2n) is 5.63. The number of rotatable bonds is 1. The third-order valence-corrected chi connectivity index (χ3v) is 4.64. The third-order valence-electron chi connectivity index (χ3n) is 4.34. The molecule has 0 spiro atoms. The van der Waals surface area contributed by atoms with Gasteiger partial charge in [-0.2, -0.15) is 0 Å². The average molecular weight is 278 g/mol. The van der Waals surface area contributed by atoms with Crippen LogP contribution in [-0.2, 0) is 0 Å². The van der Waals surface area contributed by atoms with Crippen LogP contribution >= 0.6 is 11.6 Å². The van der Waals surface area contributed by atoms with Crippen molar-refractivity contribution in [3.63, 3.8) is 0 Å². The Kier molecular flexibility index (Phi) is 3.40. The number of para-hydroxylation sites is 1. The summed E-state index contributed by atoms with van der Waals surface area (Å²) in [6.07, 6.45) is 6.33. The molecule has 1 aromatic carbocycles. The van der Waals surface area contributed by atoms with Crippen molar-refractivity contribution in [1.29, 1.82) is 0 Å². The van der Waals surface area contributed by atoms with Gasteiger partial charge in [-0.25, -0.2) is 4.98 Å².